The first-order valence-electron chi connectivity index (χ1n) is 10.4. The molecule has 0 radical (unpaired) electrons. The molecule has 2 heterocycles. The molecule has 2 N–H and O–H groups in total. The quantitative estimate of drug-likeness (QED) is 0.426. The molecular weight excluding hydrogens is 483 g/mol. The van der Waals surface area contributed by atoms with Crippen LogP contribution < -0.4 is 14.4 Å². The molecule has 12 heteroatoms. The summed E-state index contributed by atoms with van der Waals surface area (Å²) in [6.45, 7) is 0.220. The number of nitrogens with zero attached hydrogens (tertiary/aromatic N) is 2. The third kappa shape index (κ3) is 6.35. The number of ether oxygens (including phenoxy) is 1. The monoisotopic (exact) mass is 506 g/mol. The van der Waals surface area contributed by atoms with Crippen LogP contribution >= 0.6 is 0 Å². The number of rotatable bonds is 9. The van der Waals surface area contributed by atoms with Gasteiger partial charge in [-0.3, -0.25) is 4.98 Å². The van der Waals surface area contributed by atoms with Crippen molar-refractivity contribution in [3.8, 4) is 17.0 Å². The molecule has 1 aliphatic carbocycles. The van der Waals surface area contributed by atoms with Crippen LogP contribution in [0.2, 0.25) is 0 Å². The molecule has 0 spiro atoms. The van der Waals surface area contributed by atoms with E-state index in [0.717, 1.165) is 54.1 Å². The van der Waals surface area contributed by atoms with Gasteiger partial charge in [-0.25, -0.2) is 26.2 Å². The average Bonchev–Trinajstić information content (AvgIpc) is 3.24. The fourth-order valence-electron chi connectivity index (χ4n) is 3.76. The molecule has 4 rings (SSSR count). The van der Waals surface area contributed by atoms with Gasteiger partial charge in [0.1, 0.15) is 12.4 Å². The summed E-state index contributed by atoms with van der Waals surface area (Å²) in [7, 11) is -7.88. The molecule has 0 saturated heterocycles. The predicted molar refractivity (Wildman–Crippen MR) is 124 cm³/mol. The van der Waals surface area contributed by atoms with E-state index in [2.05, 4.69) is 9.97 Å². The smallest absolute Gasteiger partial charge is 0.229 e. The standard InChI is InChI=1S/C22H23FN4O5S2/c1-33(28,29)26-27-34(30,31)14-15-9-16(11-17(23)10-15)20-12-22(25-21-7-4-6-19(20)21)32-13-18-5-2-3-8-24-18/h2-3,5,8-12,26-27H,4,6-7,13-14H2,1H3. The van der Waals surface area contributed by atoms with Crippen molar-refractivity contribution >= 4 is 20.0 Å². The Balaban J connectivity index is 1.63. The highest BCUT2D eigenvalue weighted by Crippen LogP contribution is 2.35. The van der Waals surface area contributed by atoms with Crippen molar-refractivity contribution < 1.29 is 26.0 Å². The second kappa shape index (κ2) is 9.74. The van der Waals surface area contributed by atoms with Crippen LogP contribution in [-0.2, 0) is 45.2 Å². The van der Waals surface area contributed by atoms with E-state index in [0.29, 0.717) is 11.4 Å². The number of hydrogen-bond donors (Lipinski definition) is 2. The molecule has 3 aromatic rings. The number of aromatic nitrogens is 2. The van der Waals surface area contributed by atoms with Gasteiger partial charge in [-0.05, 0) is 71.8 Å². The zero-order chi connectivity index (χ0) is 24.3. The maximum absolute atomic E-state index is 14.5. The molecule has 0 atom stereocenters. The molecule has 0 unspecified atom stereocenters. The fourth-order valence-corrected chi connectivity index (χ4v) is 5.56. The molecular formula is C22H23FN4O5S2. The highest BCUT2D eigenvalue weighted by molar-refractivity contribution is 7.91. The van der Waals surface area contributed by atoms with Gasteiger partial charge in [-0.15, -0.1) is 9.66 Å². The number of sulfonamides is 2. The molecule has 180 valence electrons. The fraction of sp³-hybridized carbons (Fsp3) is 0.273. The van der Waals surface area contributed by atoms with Gasteiger partial charge in [-0.1, -0.05) is 6.07 Å². The lowest BCUT2D eigenvalue weighted by molar-refractivity contribution is 0.288. The molecule has 0 aliphatic heterocycles. The van der Waals surface area contributed by atoms with Crippen molar-refractivity contribution in [2.45, 2.75) is 31.6 Å². The third-order valence-corrected chi connectivity index (χ3v) is 6.86. The maximum atomic E-state index is 14.5. The zero-order valence-corrected chi connectivity index (χ0v) is 19.9. The van der Waals surface area contributed by atoms with Gasteiger partial charge in [0, 0.05) is 18.0 Å². The van der Waals surface area contributed by atoms with E-state index < -0.39 is 31.6 Å². The van der Waals surface area contributed by atoms with Crippen LogP contribution in [0.5, 0.6) is 5.88 Å². The van der Waals surface area contributed by atoms with E-state index in [9.17, 15) is 21.2 Å². The van der Waals surface area contributed by atoms with Gasteiger partial charge in [0.25, 0.3) is 0 Å². The zero-order valence-electron chi connectivity index (χ0n) is 18.3. The van der Waals surface area contributed by atoms with Crippen molar-refractivity contribution in [3.05, 3.63) is 77.0 Å². The molecule has 0 bridgehead atoms. The first kappa shape index (κ1) is 24.2. The maximum Gasteiger partial charge on any atom is 0.229 e. The first-order valence-corrected chi connectivity index (χ1v) is 13.9. The average molecular weight is 507 g/mol. The van der Waals surface area contributed by atoms with E-state index >= 15 is 0 Å². The molecule has 0 saturated carbocycles. The highest BCUT2D eigenvalue weighted by Gasteiger charge is 2.21. The molecule has 1 aliphatic rings. The predicted octanol–water partition coefficient (Wildman–Crippen LogP) is 2.23. The van der Waals surface area contributed by atoms with Crippen LogP contribution in [0, 0.1) is 5.82 Å². The summed E-state index contributed by atoms with van der Waals surface area (Å²) in [4.78, 5) is 12.3. The van der Waals surface area contributed by atoms with Crippen molar-refractivity contribution in [2.75, 3.05) is 6.26 Å². The highest BCUT2D eigenvalue weighted by atomic mass is 32.2. The van der Waals surface area contributed by atoms with Gasteiger partial charge in [0.2, 0.25) is 25.9 Å². The third-order valence-electron chi connectivity index (χ3n) is 5.13. The summed E-state index contributed by atoms with van der Waals surface area (Å²) in [5.74, 6) is -0.853. The number of hydrogen-bond acceptors (Lipinski definition) is 7. The lowest BCUT2D eigenvalue weighted by Crippen LogP contribution is -2.41. The Morgan fingerprint density at radius 3 is 2.62 bits per heavy atom. The van der Waals surface area contributed by atoms with Crippen LogP contribution in [0.4, 0.5) is 4.39 Å². The number of nitrogens with one attached hydrogen (secondary N) is 2. The number of benzene rings is 1. The summed E-state index contributed by atoms with van der Waals surface area (Å²) < 4.78 is 67.3. The molecule has 9 nitrogen and oxygen atoms in total. The van der Waals surface area contributed by atoms with Crippen LogP contribution in [-0.4, -0.2) is 33.1 Å². The molecule has 0 amide bonds. The molecule has 34 heavy (non-hydrogen) atoms. The summed E-state index contributed by atoms with van der Waals surface area (Å²) in [5, 5.41) is 0. The lowest BCUT2D eigenvalue weighted by atomic mass is 9.98. The Hall–Kier alpha value is -2.93. The minimum Gasteiger partial charge on any atom is -0.471 e. The molecule has 0 fully saturated rings. The second-order valence-corrected chi connectivity index (χ2v) is 11.5. The molecule has 2 aromatic heterocycles. The Kier molecular flexibility index (Phi) is 6.94. The van der Waals surface area contributed by atoms with Crippen LogP contribution in [0.1, 0.15) is 28.9 Å². The second-order valence-electron chi connectivity index (χ2n) is 7.98. The Bertz CT molecular complexity index is 1410. The van der Waals surface area contributed by atoms with Gasteiger partial charge in [0.05, 0.1) is 17.7 Å². The lowest BCUT2D eigenvalue weighted by Gasteiger charge is -2.14. The summed E-state index contributed by atoms with van der Waals surface area (Å²) in [6.07, 6.45) is 4.91. The van der Waals surface area contributed by atoms with Crippen LogP contribution in [0.15, 0.2) is 48.7 Å². The SMILES string of the molecule is CS(=O)(=O)NNS(=O)(=O)Cc1cc(F)cc(-c2cc(OCc3ccccn3)nc3c2CCC3)c1. The topological polar surface area (TPSA) is 127 Å². The minimum absolute atomic E-state index is 0.164. The number of aryl methyl sites for hydroxylation is 1. The summed E-state index contributed by atoms with van der Waals surface area (Å²) >= 11 is 0. The largest absolute Gasteiger partial charge is 0.471 e. The van der Waals surface area contributed by atoms with E-state index in [4.69, 9.17) is 4.74 Å². The van der Waals surface area contributed by atoms with E-state index in [1.807, 2.05) is 18.2 Å². The van der Waals surface area contributed by atoms with Crippen molar-refractivity contribution in [2.24, 2.45) is 0 Å². The van der Waals surface area contributed by atoms with Gasteiger partial charge >= 0.3 is 0 Å². The van der Waals surface area contributed by atoms with E-state index in [-0.39, 0.29) is 12.2 Å². The van der Waals surface area contributed by atoms with Crippen LogP contribution in [0.3, 0.4) is 0 Å². The normalized spacial score (nSPS) is 13.6. The van der Waals surface area contributed by atoms with Gasteiger partial charge in [0.15, 0.2) is 0 Å². The van der Waals surface area contributed by atoms with Crippen LogP contribution in [0.25, 0.3) is 11.1 Å². The van der Waals surface area contributed by atoms with E-state index in [1.54, 1.807) is 28.0 Å². The van der Waals surface area contributed by atoms with Gasteiger partial charge in [-0.2, -0.15) is 0 Å². The summed E-state index contributed by atoms with van der Waals surface area (Å²) in [5.41, 5.74) is 3.95. The van der Waals surface area contributed by atoms with Gasteiger partial charge < -0.3 is 4.74 Å². The van der Waals surface area contributed by atoms with Crippen molar-refractivity contribution in [3.63, 3.8) is 0 Å². The number of fused-ring (bicyclic) bond motifs is 1. The number of pyridine rings is 2. The Labute approximate surface area is 197 Å². The van der Waals surface area contributed by atoms with Crippen molar-refractivity contribution in [1.29, 1.82) is 0 Å². The van der Waals surface area contributed by atoms with Crippen molar-refractivity contribution in [1.82, 2.24) is 19.6 Å². The number of hydrazine groups is 1. The molecule has 1 aromatic carbocycles. The number of halogens is 1. The Morgan fingerprint density at radius 1 is 1.06 bits per heavy atom. The minimum atomic E-state index is -4.09. The summed E-state index contributed by atoms with van der Waals surface area (Å²) in [6, 6.07) is 11.2. The first-order chi connectivity index (χ1) is 16.1. The van der Waals surface area contributed by atoms with E-state index in [1.165, 1.54) is 6.07 Å². The Morgan fingerprint density at radius 2 is 1.88 bits per heavy atom.